The van der Waals surface area contributed by atoms with Gasteiger partial charge in [-0.3, -0.25) is 0 Å². The molecule has 3 nitrogen and oxygen atoms in total. The van der Waals surface area contributed by atoms with Gasteiger partial charge in [0.1, 0.15) is 5.82 Å². The molecular formula is C15H20FN3S. The lowest BCUT2D eigenvalue weighted by Gasteiger charge is -2.25. The lowest BCUT2D eigenvalue weighted by Crippen LogP contribution is -2.22. The average Bonchev–Trinajstić information content (AvgIpc) is 2.83. The minimum absolute atomic E-state index is 0.0313. The van der Waals surface area contributed by atoms with Crippen LogP contribution in [0.15, 0.2) is 23.7 Å². The first-order chi connectivity index (χ1) is 9.54. The SMILES string of the molecule is CNC(C)c1c(F)cccc1N(C)Cc1scnc1C. The monoisotopic (exact) mass is 293 g/mol. The zero-order valence-electron chi connectivity index (χ0n) is 12.3. The van der Waals surface area contributed by atoms with Crippen LogP contribution in [0, 0.1) is 12.7 Å². The summed E-state index contributed by atoms with van der Waals surface area (Å²) >= 11 is 1.63. The zero-order chi connectivity index (χ0) is 14.7. The van der Waals surface area contributed by atoms with Gasteiger partial charge < -0.3 is 10.2 Å². The Kier molecular flexibility index (Phi) is 4.73. The number of thiazole rings is 1. The van der Waals surface area contributed by atoms with E-state index in [9.17, 15) is 4.39 Å². The minimum Gasteiger partial charge on any atom is -0.369 e. The van der Waals surface area contributed by atoms with Crippen molar-refractivity contribution in [1.82, 2.24) is 10.3 Å². The molecule has 0 saturated carbocycles. The van der Waals surface area contributed by atoms with Crippen molar-refractivity contribution < 1.29 is 4.39 Å². The van der Waals surface area contributed by atoms with E-state index in [0.717, 1.165) is 17.9 Å². The Hall–Kier alpha value is -1.46. The molecular weight excluding hydrogens is 273 g/mol. The molecule has 1 heterocycles. The van der Waals surface area contributed by atoms with Crippen molar-refractivity contribution in [3.05, 3.63) is 45.7 Å². The smallest absolute Gasteiger partial charge is 0.130 e. The van der Waals surface area contributed by atoms with Gasteiger partial charge in [0.15, 0.2) is 0 Å². The number of aryl methyl sites for hydroxylation is 1. The molecule has 20 heavy (non-hydrogen) atoms. The second-order valence-corrected chi connectivity index (χ2v) is 5.84. The Bertz CT molecular complexity index is 582. The van der Waals surface area contributed by atoms with E-state index in [0.29, 0.717) is 5.56 Å². The molecule has 0 amide bonds. The summed E-state index contributed by atoms with van der Waals surface area (Å²) in [6, 6.07) is 5.20. The number of anilines is 1. The predicted molar refractivity (Wildman–Crippen MR) is 82.8 cm³/mol. The van der Waals surface area contributed by atoms with Crippen LogP contribution in [-0.4, -0.2) is 19.1 Å². The Morgan fingerprint density at radius 2 is 2.20 bits per heavy atom. The Morgan fingerprint density at radius 3 is 2.80 bits per heavy atom. The predicted octanol–water partition coefficient (Wildman–Crippen LogP) is 3.51. The molecule has 0 saturated heterocycles. The molecule has 1 N–H and O–H groups in total. The van der Waals surface area contributed by atoms with Crippen molar-refractivity contribution in [2.75, 3.05) is 19.0 Å². The molecule has 1 unspecified atom stereocenters. The van der Waals surface area contributed by atoms with Gasteiger partial charge in [0, 0.05) is 29.2 Å². The van der Waals surface area contributed by atoms with Crippen molar-refractivity contribution in [3.8, 4) is 0 Å². The van der Waals surface area contributed by atoms with Crippen LogP contribution < -0.4 is 10.2 Å². The van der Waals surface area contributed by atoms with E-state index >= 15 is 0 Å². The van der Waals surface area contributed by atoms with E-state index in [4.69, 9.17) is 0 Å². The summed E-state index contributed by atoms with van der Waals surface area (Å²) in [6.45, 7) is 4.71. The van der Waals surface area contributed by atoms with Gasteiger partial charge in [0.05, 0.1) is 17.7 Å². The fourth-order valence-electron chi connectivity index (χ4n) is 2.21. The first kappa shape index (κ1) is 14.9. The topological polar surface area (TPSA) is 28.2 Å². The molecule has 0 aliphatic carbocycles. The third kappa shape index (κ3) is 2.99. The summed E-state index contributed by atoms with van der Waals surface area (Å²) in [6.07, 6.45) is 0. The van der Waals surface area contributed by atoms with Crippen molar-refractivity contribution >= 4 is 17.0 Å². The standard InChI is InChI=1S/C15H20FN3S/c1-10-14(20-9-18-10)8-19(4)13-7-5-6-12(16)15(13)11(2)17-3/h5-7,9,11,17H,8H2,1-4H3. The molecule has 1 aromatic heterocycles. The number of nitrogens with one attached hydrogen (secondary N) is 1. The Balaban J connectivity index is 2.32. The van der Waals surface area contributed by atoms with Gasteiger partial charge in [-0.05, 0) is 33.0 Å². The van der Waals surface area contributed by atoms with Crippen LogP contribution in [0.1, 0.15) is 29.1 Å². The van der Waals surface area contributed by atoms with Gasteiger partial charge in [-0.1, -0.05) is 6.07 Å². The van der Waals surface area contributed by atoms with Gasteiger partial charge in [0.25, 0.3) is 0 Å². The zero-order valence-corrected chi connectivity index (χ0v) is 13.1. The quantitative estimate of drug-likeness (QED) is 0.914. The van der Waals surface area contributed by atoms with Crippen molar-refractivity contribution in [1.29, 1.82) is 0 Å². The van der Waals surface area contributed by atoms with Gasteiger partial charge in [-0.2, -0.15) is 0 Å². The number of benzene rings is 1. The van der Waals surface area contributed by atoms with Gasteiger partial charge in [-0.15, -0.1) is 11.3 Å². The molecule has 2 aromatic rings. The van der Waals surface area contributed by atoms with E-state index in [-0.39, 0.29) is 11.9 Å². The maximum Gasteiger partial charge on any atom is 0.130 e. The maximum atomic E-state index is 14.1. The van der Waals surface area contributed by atoms with Crippen LogP contribution in [-0.2, 0) is 6.54 Å². The molecule has 1 atom stereocenters. The number of nitrogens with zero attached hydrogens (tertiary/aromatic N) is 2. The molecule has 0 aliphatic rings. The second kappa shape index (κ2) is 6.33. The fourth-order valence-corrected chi connectivity index (χ4v) is 3.04. The first-order valence-electron chi connectivity index (χ1n) is 6.60. The molecule has 0 spiro atoms. The van der Waals surface area contributed by atoms with Crippen LogP contribution in [0.25, 0.3) is 0 Å². The molecule has 0 fully saturated rings. The summed E-state index contributed by atoms with van der Waals surface area (Å²) in [5, 5.41) is 3.11. The summed E-state index contributed by atoms with van der Waals surface area (Å²) in [4.78, 5) is 7.54. The minimum atomic E-state index is -0.169. The fraction of sp³-hybridized carbons (Fsp3) is 0.400. The summed E-state index contributed by atoms with van der Waals surface area (Å²) in [5.74, 6) is -0.169. The van der Waals surface area contributed by atoms with Gasteiger partial charge in [-0.25, -0.2) is 9.37 Å². The van der Waals surface area contributed by atoms with Crippen LogP contribution in [0.3, 0.4) is 0 Å². The number of hydrogen-bond donors (Lipinski definition) is 1. The summed E-state index contributed by atoms with van der Waals surface area (Å²) in [5.41, 5.74) is 4.52. The van der Waals surface area contributed by atoms with E-state index in [2.05, 4.69) is 15.2 Å². The highest BCUT2D eigenvalue weighted by atomic mass is 32.1. The molecule has 1 aromatic carbocycles. The molecule has 108 valence electrons. The summed E-state index contributed by atoms with van der Waals surface area (Å²) < 4.78 is 14.1. The molecule has 0 radical (unpaired) electrons. The average molecular weight is 293 g/mol. The van der Waals surface area contributed by atoms with Gasteiger partial charge >= 0.3 is 0 Å². The van der Waals surface area contributed by atoms with Crippen LogP contribution in [0.4, 0.5) is 10.1 Å². The number of rotatable bonds is 5. The lowest BCUT2D eigenvalue weighted by atomic mass is 10.0. The third-order valence-electron chi connectivity index (χ3n) is 3.53. The summed E-state index contributed by atoms with van der Waals surface area (Å²) in [7, 11) is 3.83. The molecule has 0 bridgehead atoms. The third-order valence-corrected chi connectivity index (χ3v) is 4.45. The Labute approximate surface area is 123 Å². The molecule has 5 heteroatoms. The number of halogens is 1. The highest BCUT2D eigenvalue weighted by Gasteiger charge is 2.17. The number of hydrogen-bond acceptors (Lipinski definition) is 4. The van der Waals surface area contributed by atoms with Crippen molar-refractivity contribution in [2.45, 2.75) is 26.4 Å². The largest absolute Gasteiger partial charge is 0.369 e. The van der Waals surface area contributed by atoms with Crippen LogP contribution in [0.5, 0.6) is 0 Å². The van der Waals surface area contributed by atoms with Crippen LogP contribution >= 0.6 is 11.3 Å². The molecule has 0 aliphatic heterocycles. The second-order valence-electron chi connectivity index (χ2n) is 4.90. The van der Waals surface area contributed by atoms with E-state index in [1.54, 1.807) is 17.4 Å². The van der Waals surface area contributed by atoms with Crippen molar-refractivity contribution in [2.24, 2.45) is 0 Å². The first-order valence-corrected chi connectivity index (χ1v) is 7.48. The van der Waals surface area contributed by atoms with Crippen molar-refractivity contribution in [3.63, 3.8) is 0 Å². The molecule has 2 rings (SSSR count). The van der Waals surface area contributed by atoms with E-state index < -0.39 is 0 Å². The number of aromatic nitrogens is 1. The lowest BCUT2D eigenvalue weighted by molar-refractivity contribution is 0.561. The van der Waals surface area contributed by atoms with E-state index in [1.807, 2.05) is 39.5 Å². The maximum absolute atomic E-state index is 14.1. The normalized spacial score (nSPS) is 12.4. The highest BCUT2D eigenvalue weighted by molar-refractivity contribution is 7.09. The van der Waals surface area contributed by atoms with Crippen LogP contribution in [0.2, 0.25) is 0 Å². The highest BCUT2D eigenvalue weighted by Crippen LogP contribution is 2.29. The Morgan fingerprint density at radius 1 is 1.45 bits per heavy atom. The van der Waals surface area contributed by atoms with E-state index in [1.165, 1.54) is 10.9 Å². The van der Waals surface area contributed by atoms with Gasteiger partial charge in [0.2, 0.25) is 0 Å².